The first-order valence-electron chi connectivity index (χ1n) is 10.5. The Morgan fingerprint density at radius 1 is 0.886 bits per heavy atom. The van der Waals surface area contributed by atoms with Crippen LogP contribution < -0.4 is 0 Å². The maximum atomic E-state index is 13.4. The molecule has 1 aliphatic rings. The zero-order valence-electron chi connectivity index (χ0n) is 18.0. The number of fused-ring (bicyclic) bond motifs is 1. The molecule has 0 radical (unpaired) electrons. The standard InChI is InChI=1S/C26H16Cl3FN2O2S/c27-18-7-5-15(21(28)10-18)12-31-13-17(20-3-1-2-4-23(20)31)9-24-25(33)32(26(34)35-24)14-16-6-8-19(30)11-22(16)29/h1-11,13H,12,14H2/b24-9-. The Kier molecular flexibility index (Phi) is 6.64. The number of thioether (sulfide) groups is 1. The smallest absolute Gasteiger partial charge is 0.293 e. The maximum Gasteiger partial charge on any atom is 0.293 e. The lowest BCUT2D eigenvalue weighted by molar-refractivity contribution is -0.123. The van der Waals surface area contributed by atoms with Crippen molar-refractivity contribution < 1.29 is 14.0 Å². The van der Waals surface area contributed by atoms with Gasteiger partial charge in [0.05, 0.1) is 11.4 Å². The van der Waals surface area contributed by atoms with Crippen LogP contribution in [0.4, 0.5) is 9.18 Å². The number of amides is 2. The second kappa shape index (κ2) is 9.70. The van der Waals surface area contributed by atoms with Crippen LogP contribution in [0.3, 0.4) is 0 Å². The van der Waals surface area contributed by atoms with Gasteiger partial charge in [-0.2, -0.15) is 0 Å². The van der Waals surface area contributed by atoms with Crippen molar-refractivity contribution in [1.82, 2.24) is 9.47 Å². The SMILES string of the molecule is O=C1S/C(=C\c2cn(Cc3ccc(Cl)cc3Cl)c3ccccc23)C(=O)N1Cc1ccc(F)cc1Cl. The zero-order chi connectivity index (χ0) is 24.7. The molecule has 5 rings (SSSR count). The second-order valence-electron chi connectivity index (χ2n) is 7.97. The van der Waals surface area contributed by atoms with E-state index in [-0.39, 0.29) is 11.6 Å². The fraction of sp³-hybridized carbons (Fsp3) is 0.0769. The van der Waals surface area contributed by atoms with Crippen LogP contribution >= 0.6 is 46.6 Å². The number of carbonyl (C=O) groups excluding carboxylic acids is 2. The Hall–Kier alpha value is -2.77. The third kappa shape index (κ3) is 4.84. The lowest BCUT2D eigenvalue weighted by atomic mass is 10.1. The number of hydrogen-bond acceptors (Lipinski definition) is 3. The van der Waals surface area contributed by atoms with Gasteiger partial charge in [-0.25, -0.2) is 4.39 Å². The third-order valence-electron chi connectivity index (χ3n) is 5.68. The van der Waals surface area contributed by atoms with E-state index < -0.39 is 17.0 Å². The van der Waals surface area contributed by atoms with Crippen molar-refractivity contribution in [2.24, 2.45) is 0 Å². The van der Waals surface area contributed by atoms with E-state index in [9.17, 15) is 14.0 Å². The molecule has 176 valence electrons. The van der Waals surface area contributed by atoms with E-state index in [1.807, 2.05) is 41.1 Å². The lowest BCUT2D eigenvalue weighted by Gasteiger charge is -2.13. The molecule has 0 aliphatic carbocycles. The number of carbonyl (C=O) groups is 2. The fourth-order valence-corrected chi connectivity index (χ4v) is 5.48. The minimum atomic E-state index is -0.482. The Bertz CT molecular complexity index is 1530. The number of benzene rings is 3. The molecular weight excluding hydrogens is 530 g/mol. The molecule has 0 atom stereocenters. The van der Waals surface area contributed by atoms with Crippen LogP contribution in [0.2, 0.25) is 15.1 Å². The second-order valence-corrected chi connectivity index (χ2v) is 10.2. The molecule has 9 heteroatoms. The van der Waals surface area contributed by atoms with Crippen molar-refractivity contribution >= 4 is 74.7 Å². The van der Waals surface area contributed by atoms with Crippen molar-refractivity contribution in [3.63, 3.8) is 0 Å². The largest absolute Gasteiger partial charge is 0.342 e. The van der Waals surface area contributed by atoms with Crippen molar-refractivity contribution in [2.45, 2.75) is 13.1 Å². The summed E-state index contributed by atoms with van der Waals surface area (Å²) in [6.07, 6.45) is 3.65. The van der Waals surface area contributed by atoms with E-state index in [4.69, 9.17) is 34.8 Å². The summed E-state index contributed by atoms with van der Waals surface area (Å²) in [7, 11) is 0. The molecule has 0 saturated carbocycles. The molecule has 3 aromatic carbocycles. The average Bonchev–Trinajstić information content (AvgIpc) is 3.29. The summed E-state index contributed by atoms with van der Waals surface area (Å²) >= 11 is 19.4. The molecule has 1 aromatic heterocycles. The lowest BCUT2D eigenvalue weighted by Crippen LogP contribution is -2.27. The van der Waals surface area contributed by atoms with E-state index in [1.165, 1.54) is 12.1 Å². The molecular formula is C26H16Cl3FN2O2S. The van der Waals surface area contributed by atoms with E-state index in [2.05, 4.69) is 0 Å². The first-order chi connectivity index (χ1) is 16.8. The summed E-state index contributed by atoms with van der Waals surface area (Å²) < 4.78 is 15.4. The van der Waals surface area contributed by atoms with E-state index in [0.717, 1.165) is 44.8 Å². The van der Waals surface area contributed by atoms with Crippen LogP contribution in [0.15, 0.2) is 71.8 Å². The molecule has 4 nitrogen and oxygen atoms in total. The highest BCUT2D eigenvalue weighted by Gasteiger charge is 2.35. The summed E-state index contributed by atoms with van der Waals surface area (Å²) in [4.78, 5) is 27.1. The predicted octanol–water partition coefficient (Wildman–Crippen LogP) is 8.03. The first kappa shape index (κ1) is 23.9. The van der Waals surface area contributed by atoms with Crippen molar-refractivity contribution in [3.05, 3.63) is 109 Å². The monoisotopic (exact) mass is 544 g/mol. The van der Waals surface area contributed by atoms with Gasteiger partial charge in [-0.1, -0.05) is 65.1 Å². The molecule has 1 aliphatic heterocycles. The van der Waals surface area contributed by atoms with Gasteiger partial charge in [0.25, 0.3) is 11.1 Å². The molecule has 35 heavy (non-hydrogen) atoms. The molecule has 2 heterocycles. The summed E-state index contributed by atoms with van der Waals surface area (Å²) in [5.41, 5.74) is 3.16. The minimum absolute atomic E-state index is 0.0298. The summed E-state index contributed by atoms with van der Waals surface area (Å²) in [6.45, 7) is 0.479. The number of halogens is 4. The number of aromatic nitrogens is 1. The van der Waals surface area contributed by atoms with Crippen molar-refractivity contribution in [3.8, 4) is 0 Å². The summed E-state index contributed by atoms with van der Waals surface area (Å²) in [5, 5.41) is 1.83. The fourth-order valence-electron chi connectivity index (χ4n) is 3.95. The number of hydrogen-bond donors (Lipinski definition) is 0. The number of imide groups is 1. The topological polar surface area (TPSA) is 42.3 Å². The molecule has 0 N–H and O–H groups in total. The molecule has 4 aromatic rings. The van der Waals surface area contributed by atoms with Crippen LogP contribution in [-0.4, -0.2) is 20.6 Å². The number of rotatable bonds is 5. The van der Waals surface area contributed by atoms with Gasteiger partial charge in [0.2, 0.25) is 0 Å². The van der Waals surface area contributed by atoms with Gasteiger partial charge in [-0.3, -0.25) is 14.5 Å². The molecule has 0 unspecified atom stereocenters. The first-order valence-corrected chi connectivity index (χ1v) is 12.5. The minimum Gasteiger partial charge on any atom is -0.342 e. The highest BCUT2D eigenvalue weighted by molar-refractivity contribution is 8.18. The highest BCUT2D eigenvalue weighted by Crippen LogP contribution is 2.36. The number of para-hydroxylation sites is 1. The number of nitrogens with zero attached hydrogens (tertiary/aromatic N) is 2. The Labute approximate surface area is 219 Å². The quantitative estimate of drug-likeness (QED) is 0.238. The van der Waals surface area contributed by atoms with Crippen LogP contribution in [0.5, 0.6) is 0 Å². The summed E-state index contributed by atoms with van der Waals surface area (Å²) in [6, 6.07) is 17.1. The Balaban J connectivity index is 1.47. The molecule has 2 amide bonds. The van der Waals surface area contributed by atoms with Gasteiger partial charge in [0, 0.05) is 44.3 Å². The van der Waals surface area contributed by atoms with Gasteiger partial charge in [0.15, 0.2) is 0 Å². The van der Waals surface area contributed by atoms with Crippen LogP contribution in [0.25, 0.3) is 17.0 Å². The van der Waals surface area contributed by atoms with Crippen LogP contribution in [0.1, 0.15) is 16.7 Å². The van der Waals surface area contributed by atoms with Crippen LogP contribution in [-0.2, 0) is 17.9 Å². The normalized spacial score (nSPS) is 15.1. The average molecular weight is 546 g/mol. The predicted molar refractivity (Wildman–Crippen MR) is 140 cm³/mol. The van der Waals surface area contributed by atoms with Crippen molar-refractivity contribution in [2.75, 3.05) is 0 Å². The van der Waals surface area contributed by atoms with Gasteiger partial charge in [0.1, 0.15) is 5.82 Å². The molecule has 0 spiro atoms. The molecule has 1 saturated heterocycles. The Morgan fingerprint density at radius 3 is 2.37 bits per heavy atom. The van der Waals surface area contributed by atoms with E-state index >= 15 is 0 Å². The van der Waals surface area contributed by atoms with Gasteiger partial charge < -0.3 is 4.57 Å². The van der Waals surface area contributed by atoms with Gasteiger partial charge in [-0.05, 0) is 59.3 Å². The Morgan fingerprint density at radius 2 is 1.60 bits per heavy atom. The molecule has 1 fully saturated rings. The summed E-state index contributed by atoms with van der Waals surface area (Å²) in [5.74, 6) is -0.901. The zero-order valence-corrected chi connectivity index (χ0v) is 21.1. The molecule has 0 bridgehead atoms. The van der Waals surface area contributed by atoms with Gasteiger partial charge >= 0.3 is 0 Å². The third-order valence-corrected chi connectivity index (χ3v) is 7.53. The van der Waals surface area contributed by atoms with Crippen molar-refractivity contribution in [1.29, 1.82) is 0 Å². The van der Waals surface area contributed by atoms with E-state index in [0.29, 0.717) is 27.1 Å². The van der Waals surface area contributed by atoms with Crippen LogP contribution in [0, 0.1) is 5.82 Å². The van der Waals surface area contributed by atoms with Gasteiger partial charge in [-0.15, -0.1) is 0 Å². The highest BCUT2D eigenvalue weighted by atomic mass is 35.5. The van der Waals surface area contributed by atoms with E-state index in [1.54, 1.807) is 18.2 Å². The maximum absolute atomic E-state index is 13.4.